The van der Waals surface area contributed by atoms with Gasteiger partial charge in [0.2, 0.25) is 0 Å². The second-order valence-electron chi connectivity index (χ2n) is 3.90. The fourth-order valence-corrected chi connectivity index (χ4v) is 2.56. The number of nitrogens with two attached hydrogens (primary N) is 1. The summed E-state index contributed by atoms with van der Waals surface area (Å²) in [5.74, 6) is 1.53. The van der Waals surface area contributed by atoms with Crippen LogP contribution in [0.3, 0.4) is 0 Å². The Labute approximate surface area is 103 Å². The van der Waals surface area contributed by atoms with Crippen LogP contribution in [-0.4, -0.2) is 22.6 Å². The van der Waals surface area contributed by atoms with Crippen LogP contribution in [0.5, 0.6) is 0 Å². The largest absolute Gasteiger partial charge is 0.366 e. The lowest BCUT2D eigenvalue weighted by atomic mass is 10.0. The van der Waals surface area contributed by atoms with Gasteiger partial charge in [-0.25, -0.2) is 9.97 Å². The van der Waals surface area contributed by atoms with Crippen LogP contribution in [-0.2, 0) is 0 Å². The van der Waals surface area contributed by atoms with E-state index in [1.54, 1.807) is 6.33 Å². The first-order chi connectivity index (χ1) is 7.31. The molecule has 2 unspecified atom stereocenters. The van der Waals surface area contributed by atoms with Crippen molar-refractivity contribution in [2.45, 2.75) is 25.3 Å². The molecule has 0 saturated heterocycles. The lowest BCUT2D eigenvalue weighted by Crippen LogP contribution is -2.30. The van der Waals surface area contributed by atoms with E-state index in [4.69, 9.17) is 5.73 Å². The van der Waals surface area contributed by atoms with Crippen LogP contribution >= 0.6 is 22.6 Å². The van der Waals surface area contributed by atoms with Crippen molar-refractivity contribution in [3.63, 3.8) is 0 Å². The first kappa shape index (κ1) is 11.1. The lowest BCUT2D eigenvalue weighted by molar-refractivity contribution is 0.515. The molecule has 3 N–H and O–H groups in total. The van der Waals surface area contributed by atoms with Gasteiger partial charge in [0.05, 0.1) is 3.57 Å². The Morgan fingerprint density at radius 2 is 2.40 bits per heavy atom. The van der Waals surface area contributed by atoms with Gasteiger partial charge >= 0.3 is 0 Å². The lowest BCUT2D eigenvalue weighted by Gasteiger charge is -2.20. The monoisotopic (exact) mass is 318 g/mol. The van der Waals surface area contributed by atoms with Crippen LogP contribution in [0.2, 0.25) is 0 Å². The Hall–Kier alpha value is -0.430. The van der Waals surface area contributed by atoms with Gasteiger partial charge in [-0.05, 0) is 47.9 Å². The van der Waals surface area contributed by atoms with Crippen LogP contribution in [0, 0.1) is 9.49 Å². The molecule has 0 aromatic carbocycles. The highest BCUT2D eigenvalue weighted by atomic mass is 127. The number of hydrogen-bond donors (Lipinski definition) is 2. The Bertz CT molecular complexity index is 331. The predicted molar refractivity (Wildman–Crippen MR) is 68.6 cm³/mol. The summed E-state index contributed by atoms with van der Waals surface area (Å²) in [7, 11) is 0. The highest BCUT2D eigenvalue weighted by Gasteiger charge is 2.26. The standard InChI is InChI=1S/C10H15IN4/c11-8-5-13-6-14-10(8)15-9-3-1-2-7(9)4-12/h5-7,9H,1-4,12H2,(H,13,14,15). The summed E-state index contributed by atoms with van der Waals surface area (Å²) >= 11 is 2.25. The maximum atomic E-state index is 5.74. The van der Waals surface area contributed by atoms with Gasteiger partial charge < -0.3 is 11.1 Å². The number of nitrogens with one attached hydrogen (secondary N) is 1. The topological polar surface area (TPSA) is 63.8 Å². The molecule has 4 nitrogen and oxygen atoms in total. The molecule has 2 rings (SSSR count). The van der Waals surface area contributed by atoms with E-state index in [2.05, 4.69) is 37.9 Å². The maximum Gasteiger partial charge on any atom is 0.143 e. The number of nitrogens with zero attached hydrogens (tertiary/aromatic N) is 2. The van der Waals surface area contributed by atoms with Crippen LogP contribution in [0.4, 0.5) is 5.82 Å². The van der Waals surface area contributed by atoms with E-state index in [9.17, 15) is 0 Å². The minimum absolute atomic E-state index is 0.485. The van der Waals surface area contributed by atoms with Crippen molar-refractivity contribution in [1.82, 2.24) is 9.97 Å². The minimum Gasteiger partial charge on any atom is -0.366 e. The summed E-state index contributed by atoms with van der Waals surface area (Å²) in [5.41, 5.74) is 5.74. The molecule has 1 fully saturated rings. The molecule has 1 aliphatic rings. The molecule has 1 aromatic rings. The van der Waals surface area contributed by atoms with Crippen LogP contribution in [0.25, 0.3) is 0 Å². The first-order valence-electron chi connectivity index (χ1n) is 5.23. The van der Waals surface area contributed by atoms with E-state index in [-0.39, 0.29) is 0 Å². The fourth-order valence-electron chi connectivity index (χ4n) is 2.10. The molecule has 0 amide bonds. The number of anilines is 1. The molecular weight excluding hydrogens is 303 g/mol. The van der Waals surface area contributed by atoms with Crippen LogP contribution in [0.15, 0.2) is 12.5 Å². The maximum absolute atomic E-state index is 5.74. The molecule has 15 heavy (non-hydrogen) atoms. The minimum atomic E-state index is 0.485. The summed E-state index contributed by atoms with van der Waals surface area (Å²) in [6.45, 7) is 0.763. The zero-order chi connectivity index (χ0) is 10.7. The summed E-state index contributed by atoms with van der Waals surface area (Å²) in [5, 5.41) is 3.47. The summed E-state index contributed by atoms with van der Waals surface area (Å²) < 4.78 is 1.07. The average Bonchev–Trinajstić information content (AvgIpc) is 2.69. The van der Waals surface area contributed by atoms with Crippen molar-refractivity contribution in [3.8, 4) is 0 Å². The van der Waals surface area contributed by atoms with Gasteiger partial charge in [-0.2, -0.15) is 0 Å². The normalized spacial score (nSPS) is 25.5. The number of aromatic nitrogens is 2. The van der Waals surface area contributed by atoms with E-state index in [1.807, 2.05) is 6.20 Å². The van der Waals surface area contributed by atoms with Crippen molar-refractivity contribution in [2.75, 3.05) is 11.9 Å². The van der Waals surface area contributed by atoms with Gasteiger partial charge in [-0.3, -0.25) is 0 Å². The molecule has 1 aromatic heterocycles. The van der Waals surface area contributed by atoms with E-state index >= 15 is 0 Å². The third-order valence-corrected chi connectivity index (χ3v) is 3.74. The van der Waals surface area contributed by atoms with E-state index in [1.165, 1.54) is 19.3 Å². The predicted octanol–water partition coefficient (Wildman–Crippen LogP) is 1.62. The molecule has 0 radical (unpaired) electrons. The van der Waals surface area contributed by atoms with Gasteiger partial charge in [0.25, 0.3) is 0 Å². The highest BCUT2D eigenvalue weighted by Crippen LogP contribution is 2.28. The molecule has 5 heteroatoms. The zero-order valence-electron chi connectivity index (χ0n) is 8.49. The summed E-state index contributed by atoms with van der Waals surface area (Å²) in [4.78, 5) is 8.22. The third kappa shape index (κ3) is 2.57. The molecule has 2 atom stereocenters. The number of hydrogen-bond acceptors (Lipinski definition) is 4. The van der Waals surface area contributed by atoms with Crippen molar-refractivity contribution in [1.29, 1.82) is 0 Å². The van der Waals surface area contributed by atoms with Crippen LogP contribution in [0.1, 0.15) is 19.3 Å². The Kier molecular flexibility index (Phi) is 3.74. The Morgan fingerprint density at radius 3 is 3.13 bits per heavy atom. The summed E-state index contributed by atoms with van der Waals surface area (Å²) in [6, 6.07) is 0.485. The molecule has 0 aliphatic heterocycles. The second kappa shape index (κ2) is 5.07. The van der Waals surface area contributed by atoms with E-state index in [0.717, 1.165) is 15.9 Å². The van der Waals surface area contributed by atoms with Crippen molar-refractivity contribution < 1.29 is 0 Å². The molecule has 1 saturated carbocycles. The molecular formula is C10H15IN4. The van der Waals surface area contributed by atoms with Crippen molar-refractivity contribution >= 4 is 28.4 Å². The Balaban J connectivity index is 2.05. The second-order valence-corrected chi connectivity index (χ2v) is 5.06. The smallest absolute Gasteiger partial charge is 0.143 e. The Morgan fingerprint density at radius 1 is 1.53 bits per heavy atom. The van der Waals surface area contributed by atoms with Gasteiger partial charge in [-0.15, -0.1) is 0 Å². The van der Waals surface area contributed by atoms with E-state index in [0.29, 0.717) is 12.0 Å². The number of rotatable bonds is 3. The molecule has 0 bridgehead atoms. The highest BCUT2D eigenvalue weighted by molar-refractivity contribution is 14.1. The van der Waals surface area contributed by atoms with Crippen molar-refractivity contribution in [2.24, 2.45) is 11.7 Å². The molecule has 1 heterocycles. The third-order valence-electron chi connectivity index (χ3n) is 2.95. The number of halogens is 1. The average molecular weight is 318 g/mol. The van der Waals surface area contributed by atoms with Gasteiger partial charge in [0, 0.05) is 12.2 Å². The van der Waals surface area contributed by atoms with Crippen LogP contribution < -0.4 is 11.1 Å². The first-order valence-corrected chi connectivity index (χ1v) is 6.31. The quantitative estimate of drug-likeness (QED) is 0.832. The molecule has 1 aliphatic carbocycles. The van der Waals surface area contributed by atoms with Gasteiger partial charge in [0.15, 0.2) is 0 Å². The zero-order valence-corrected chi connectivity index (χ0v) is 10.6. The molecule has 0 spiro atoms. The van der Waals surface area contributed by atoms with E-state index < -0.39 is 0 Å². The molecule has 82 valence electrons. The van der Waals surface area contributed by atoms with Gasteiger partial charge in [0.1, 0.15) is 12.1 Å². The summed E-state index contributed by atoms with van der Waals surface area (Å²) in [6.07, 6.45) is 7.10. The van der Waals surface area contributed by atoms with Gasteiger partial charge in [-0.1, -0.05) is 6.42 Å². The fraction of sp³-hybridized carbons (Fsp3) is 0.600. The SMILES string of the molecule is NCC1CCCC1Nc1ncncc1I. The van der Waals surface area contributed by atoms with Crippen molar-refractivity contribution in [3.05, 3.63) is 16.1 Å².